The van der Waals surface area contributed by atoms with Crippen LogP contribution in [0.15, 0.2) is 18.2 Å². The Labute approximate surface area is 134 Å². The van der Waals surface area contributed by atoms with Gasteiger partial charge in [-0.05, 0) is 32.9 Å². The average Bonchev–Trinajstić information content (AvgIpc) is 3.06. The van der Waals surface area contributed by atoms with Crippen molar-refractivity contribution in [1.82, 2.24) is 20.1 Å². The second-order valence-corrected chi connectivity index (χ2v) is 6.42. The van der Waals surface area contributed by atoms with Gasteiger partial charge in [0.25, 0.3) is 5.91 Å². The fraction of sp³-hybridized carbons (Fsp3) is 0.333. The summed E-state index contributed by atoms with van der Waals surface area (Å²) in [6.07, 6.45) is 0.866. The molecule has 5 nitrogen and oxygen atoms in total. The van der Waals surface area contributed by atoms with E-state index in [4.69, 9.17) is 0 Å². The molecule has 3 heterocycles. The Bertz CT molecular complexity index is 899. The molecular weight excluding hydrogens is 288 g/mol. The molecule has 2 N–H and O–H groups in total. The highest BCUT2D eigenvalue weighted by Crippen LogP contribution is 2.29. The van der Waals surface area contributed by atoms with Gasteiger partial charge in [-0.15, -0.1) is 0 Å². The predicted molar refractivity (Wildman–Crippen MR) is 89.5 cm³/mol. The van der Waals surface area contributed by atoms with E-state index in [0.29, 0.717) is 12.1 Å². The first-order valence-electron chi connectivity index (χ1n) is 7.95. The molecule has 0 fully saturated rings. The Morgan fingerprint density at radius 3 is 2.83 bits per heavy atom. The summed E-state index contributed by atoms with van der Waals surface area (Å²) in [5, 5.41) is 8.29. The number of fused-ring (bicyclic) bond motifs is 3. The number of nitrogens with one attached hydrogen (secondary N) is 2. The number of aryl methyl sites for hydroxylation is 3. The zero-order chi connectivity index (χ0) is 16.1. The standard InChI is InChI=1S/C18H20N4O/c1-10-4-5-15-13(8-10)14-9-22(7-6-16(14)19-15)18(23)17-11(2)20-21-12(17)3/h4-5,8,19H,6-7,9H2,1-3H3,(H,20,21). The number of carbonyl (C=O) groups excluding carboxylic acids is 1. The summed E-state index contributed by atoms with van der Waals surface area (Å²) in [6.45, 7) is 7.27. The lowest BCUT2D eigenvalue weighted by molar-refractivity contribution is 0.0733. The summed E-state index contributed by atoms with van der Waals surface area (Å²) < 4.78 is 0. The van der Waals surface area contributed by atoms with Crippen LogP contribution in [0.25, 0.3) is 10.9 Å². The minimum Gasteiger partial charge on any atom is -0.358 e. The summed E-state index contributed by atoms with van der Waals surface area (Å²) >= 11 is 0. The van der Waals surface area contributed by atoms with Gasteiger partial charge in [0.05, 0.1) is 11.3 Å². The van der Waals surface area contributed by atoms with E-state index >= 15 is 0 Å². The third-order valence-corrected chi connectivity index (χ3v) is 4.76. The van der Waals surface area contributed by atoms with Crippen molar-refractivity contribution in [2.24, 2.45) is 0 Å². The minimum atomic E-state index is 0.0707. The molecule has 0 aliphatic carbocycles. The van der Waals surface area contributed by atoms with Crippen LogP contribution < -0.4 is 0 Å². The molecular formula is C18H20N4O. The second kappa shape index (κ2) is 4.98. The van der Waals surface area contributed by atoms with Crippen LogP contribution in [-0.4, -0.2) is 32.5 Å². The van der Waals surface area contributed by atoms with Gasteiger partial charge in [0.15, 0.2) is 0 Å². The van der Waals surface area contributed by atoms with Crippen molar-refractivity contribution in [3.05, 3.63) is 52.0 Å². The van der Waals surface area contributed by atoms with Crippen molar-refractivity contribution < 1.29 is 4.79 Å². The predicted octanol–water partition coefficient (Wildman–Crippen LogP) is 3.01. The van der Waals surface area contributed by atoms with Gasteiger partial charge in [0.2, 0.25) is 0 Å². The van der Waals surface area contributed by atoms with Gasteiger partial charge in [0.1, 0.15) is 0 Å². The van der Waals surface area contributed by atoms with Crippen molar-refractivity contribution in [1.29, 1.82) is 0 Å². The number of nitrogens with zero attached hydrogens (tertiary/aromatic N) is 2. The molecule has 1 amide bonds. The van der Waals surface area contributed by atoms with E-state index in [1.54, 1.807) is 0 Å². The van der Waals surface area contributed by atoms with E-state index in [2.05, 4.69) is 40.3 Å². The fourth-order valence-corrected chi connectivity index (χ4v) is 3.53. The van der Waals surface area contributed by atoms with Crippen molar-refractivity contribution in [2.45, 2.75) is 33.7 Å². The van der Waals surface area contributed by atoms with Crippen molar-refractivity contribution in [2.75, 3.05) is 6.54 Å². The van der Waals surface area contributed by atoms with Crippen LogP contribution in [0, 0.1) is 20.8 Å². The molecule has 1 aromatic carbocycles. The lowest BCUT2D eigenvalue weighted by Crippen LogP contribution is -2.36. The number of carbonyl (C=O) groups is 1. The lowest BCUT2D eigenvalue weighted by Gasteiger charge is -2.27. The largest absolute Gasteiger partial charge is 0.358 e. The van der Waals surface area contributed by atoms with Crippen LogP contribution in [0.4, 0.5) is 0 Å². The number of benzene rings is 1. The van der Waals surface area contributed by atoms with E-state index in [0.717, 1.165) is 29.9 Å². The molecule has 0 radical (unpaired) electrons. The number of H-pyrrole nitrogens is 2. The number of amides is 1. The third kappa shape index (κ3) is 2.15. The molecule has 5 heteroatoms. The normalized spacial score (nSPS) is 14.3. The summed E-state index contributed by atoms with van der Waals surface area (Å²) in [5.74, 6) is 0.0707. The van der Waals surface area contributed by atoms with Crippen molar-refractivity contribution >= 4 is 16.8 Å². The van der Waals surface area contributed by atoms with Crippen LogP contribution in [0.3, 0.4) is 0 Å². The summed E-state index contributed by atoms with van der Waals surface area (Å²) in [4.78, 5) is 18.3. The summed E-state index contributed by atoms with van der Waals surface area (Å²) in [6, 6.07) is 6.44. The maximum atomic E-state index is 12.9. The maximum absolute atomic E-state index is 12.9. The molecule has 1 aliphatic heterocycles. The Morgan fingerprint density at radius 2 is 2.09 bits per heavy atom. The maximum Gasteiger partial charge on any atom is 0.257 e. The van der Waals surface area contributed by atoms with Crippen LogP contribution >= 0.6 is 0 Å². The minimum absolute atomic E-state index is 0.0707. The summed E-state index contributed by atoms with van der Waals surface area (Å²) in [7, 11) is 0. The highest BCUT2D eigenvalue weighted by molar-refractivity contribution is 5.97. The van der Waals surface area contributed by atoms with Gasteiger partial charge >= 0.3 is 0 Å². The molecule has 0 atom stereocenters. The highest BCUT2D eigenvalue weighted by Gasteiger charge is 2.27. The molecule has 0 saturated carbocycles. The SMILES string of the molecule is Cc1ccc2[nH]c3c(c2c1)CN(C(=O)c1c(C)n[nH]c1C)CC3. The highest BCUT2D eigenvalue weighted by atomic mass is 16.2. The fourth-order valence-electron chi connectivity index (χ4n) is 3.53. The first kappa shape index (κ1) is 14.1. The quantitative estimate of drug-likeness (QED) is 0.726. The van der Waals surface area contributed by atoms with Gasteiger partial charge in [-0.3, -0.25) is 9.89 Å². The number of hydrogen-bond donors (Lipinski definition) is 2. The first-order valence-corrected chi connectivity index (χ1v) is 7.95. The lowest BCUT2D eigenvalue weighted by atomic mass is 10.0. The van der Waals surface area contributed by atoms with Crippen LogP contribution in [0.1, 0.15) is 38.6 Å². The Kier molecular flexibility index (Phi) is 3.04. The van der Waals surface area contributed by atoms with Crippen molar-refractivity contribution in [3.8, 4) is 0 Å². The molecule has 4 rings (SSSR count). The van der Waals surface area contributed by atoms with Crippen molar-refractivity contribution in [3.63, 3.8) is 0 Å². The van der Waals surface area contributed by atoms with Gasteiger partial charge < -0.3 is 9.88 Å². The smallest absolute Gasteiger partial charge is 0.257 e. The van der Waals surface area contributed by atoms with Crippen LogP contribution in [0.5, 0.6) is 0 Å². The number of rotatable bonds is 1. The Balaban J connectivity index is 1.72. The van der Waals surface area contributed by atoms with E-state index in [-0.39, 0.29) is 5.91 Å². The van der Waals surface area contributed by atoms with Gasteiger partial charge in [-0.2, -0.15) is 5.10 Å². The molecule has 0 bridgehead atoms. The molecule has 3 aromatic rings. The zero-order valence-corrected chi connectivity index (χ0v) is 13.7. The van der Waals surface area contributed by atoms with Gasteiger partial charge in [-0.1, -0.05) is 11.6 Å². The van der Waals surface area contributed by atoms with Gasteiger partial charge in [-0.25, -0.2) is 0 Å². The summed E-state index contributed by atoms with van der Waals surface area (Å²) in [5.41, 5.74) is 7.23. The van der Waals surface area contributed by atoms with E-state index in [1.165, 1.54) is 22.2 Å². The first-order chi connectivity index (χ1) is 11.0. The zero-order valence-electron chi connectivity index (χ0n) is 13.7. The monoisotopic (exact) mass is 308 g/mol. The Morgan fingerprint density at radius 1 is 1.26 bits per heavy atom. The van der Waals surface area contributed by atoms with E-state index in [9.17, 15) is 4.79 Å². The topological polar surface area (TPSA) is 64.8 Å². The van der Waals surface area contributed by atoms with E-state index in [1.807, 2.05) is 18.7 Å². The van der Waals surface area contributed by atoms with Crippen LogP contribution in [0.2, 0.25) is 0 Å². The van der Waals surface area contributed by atoms with E-state index < -0.39 is 0 Å². The third-order valence-electron chi connectivity index (χ3n) is 4.76. The number of aromatic amines is 2. The molecule has 0 unspecified atom stereocenters. The number of aromatic nitrogens is 3. The molecule has 0 saturated heterocycles. The average molecular weight is 308 g/mol. The van der Waals surface area contributed by atoms with Crippen LogP contribution in [-0.2, 0) is 13.0 Å². The molecule has 118 valence electrons. The number of hydrogen-bond acceptors (Lipinski definition) is 2. The molecule has 1 aliphatic rings. The Hall–Kier alpha value is -2.56. The van der Waals surface area contributed by atoms with Gasteiger partial charge in [0, 0.05) is 47.4 Å². The second-order valence-electron chi connectivity index (χ2n) is 6.42. The molecule has 0 spiro atoms. The molecule has 2 aromatic heterocycles. The molecule has 23 heavy (non-hydrogen) atoms.